The summed E-state index contributed by atoms with van der Waals surface area (Å²) in [5, 5.41) is 0. The number of nitrogens with zero attached hydrogens (tertiary/aromatic N) is 3. The summed E-state index contributed by atoms with van der Waals surface area (Å²) < 4.78 is 13.6. The first-order chi connectivity index (χ1) is 13.2. The summed E-state index contributed by atoms with van der Waals surface area (Å²) in [4.78, 5) is 21.3. The lowest BCUT2D eigenvalue weighted by atomic mass is 9.87. The Morgan fingerprint density at radius 2 is 1.81 bits per heavy atom. The molecule has 1 unspecified atom stereocenters. The summed E-state index contributed by atoms with van der Waals surface area (Å²) in [5.74, 6) is -0.0696. The van der Waals surface area contributed by atoms with E-state index in [0.717, 1.165) is 51.0 Å². The van der Waals surface area contributed by atoms with Crippen LogP contribution in [0.25, 0.3) is 0 Å². The first-order valence-electron chi connectivity index (χ1n) is 9.85. The molecule has 2 aliphatic heterocycles. The first kappa shape index (κ1) is 18.1. The number of halogens is 1. The minimum Gasteiger partial charge on any atom is -0.339 e. The van der Waals surface area contributed by atoms with Gasteiger partial charge in [-0.05, 0) is 68.5 Å². The fraction of sp³-hybridized carbons (Fsp3) is 0.455. The van der Waals surface area contributed by atoms with Crippen molar-refractivity contribution in [2.24, 2.45) is 0 Å². The van der Waals surface area contributed by atoms with Gasteiger partial charge in [-0.2, -0.15) is 0 Å². The standard InChI is InChI=1S/C22H26FN3O/c23-20-5-1-4-18(16-20)17-26-14-3-9-22(26)8-2-13-25(15-10-22)21(27)19-6-11-24-12-7-19/h1,4-7,11-12,16H,2-3,8-10,13-15,17H2. The number of likely N-dealkylation sites (tertiary alicyclic amines) is 2. The molecule has 0 bridgehead atoms. The van der Waals surface area contributed by atoms with Crippen LogP contribution in [0.3, 0.4) is 0 Å². The molecule has 27 heavy (non-hydrogen) atoms. The highest BCUT2D eigenvalue weighted by molar-refractivity contribution is 5.94. The van der Waals surface area contributed by atoms with Crippen molar-refractivity contribution < 1.29 is 9.18 Å². The highest BCUT2D eigenvalue weighted by Gasteiger charge is 2.42. The molecule has 0 saturated carbocycles. The third-order valence-corrected chi connectivity index (χ3v) is 6.14. The highest BCUT2D eigenvalue weighted by Crippen LogP contribution is 2.39. The SMILES string of the molecule is O=C(c1ccncc1)N1CCCC2(CCCN2Cc2cccc(F)c2)CC1. The van der Waals surface area contributed by atoms with Gasteiger partial charge in [0.1, 0.15) is 5.82 Å². The van der Waals surface area contributed by atoms with Crippen molar-refractivity contribution in [1.82, 2.24) is 14.8 Å². The average molecular weight is 367 g/mol. The van der Waals surface area contributed by atoms with Crippen molar-refractivity contribution in [3.8, 4) is 0 Å². The second kappa shape index (κ2) is 7.77. The number of carbonyl (C=O) groups is 1. The van der Waals surface area contributed by atoms with E-state index in [1.165, 1.54) is 18.9 Å². The first-order valence-corrected chi connectivity index (χ1v) is 9.85. The van der Waals surface area contributed by atoms with Crippen LogP contribution in [0, 0.1) is 5.82 Å². The van der Waals surface area contributed by atoms with Crippen molar-refractivity contribution in [3.63, 3.8) is 0 Å². The monoisotopic (exact) mass is 367 g/mol. The van der Waals surface area contributed by atoms with E-state index >= 15 is 0 Å². The smallest absolute Gasteiger partial charge is 0.253 e. The molecule has 142 valence electrons. The zero-order valence-electron chi connectivity index (χ0n) is 15.6. The Bertz CT molecular complexity index is 797. The quantitative estimate of drug-likeness (QED) is 0.826. The molecule has 2 aliphatic rings. The van der Waals surface area contributed by atoms with Crippen molar-refractivity contribution in [1.29, 1.82) is 0 Å². The molecule has 4 nitrogen and oxygen atoms in total. The molecule has 2 fully saturated rings. The van der Waals surface area contributed by atoms with Crippen LogP contribution in [0.2, 0.25) is 0 Å². The van der Waals surface area contributed by atoms with Gasteiger partial charge in [0.05, 0.1) is 0 Å². The molecule has 5 heteroatoms. The zero-order chi connectivity index (χ0) is 18.7. The van der Waals surface area contributed by atoms with Crippen molar-refractivity contribution >= 4 is 5.91 Å². The van der Waals surface area contributed by atoms with E-state index in [0.29, 0.717) is 5.56 Å². The Morgan fingerprint density at radius 3 is 2.59 bits per heavy atom. The maximum Gasteiger partial charge on any atom is 0.253 e. The van der Waals surface area contributed by atoms with Gasteiger partial charge in [0.25, 0.3) is 5.91 Å². The lowest BCUT2D eigenvalue weighted by Gasteiger charge is -2.38. The Morgan fingerprint density at radius 1 is 1.04 bits per heavy atom. The Kier molecular flexibility index (Phi) is 5.21. The second-order valence-corrected chi connectivity index (χ2v) is 7.76. The maximum atomic E-state index is 13.6. The van der Waals surface area contributed by atoms with E-state index < -0.39 is 0 Å². The molecule has 0 N–H and O–H groups in total. The molecule has 1 aromatic heterocycles. The number of hydrogen-bond donors (Lipinski definition) is 0. The van der Waals surface area contributed by atoms with Crippen molar-refractivity contribution in [3.05, 3.63) is 65.7 Å². The van der Waals surface area contributed by atoms with Crippen LogP contribution < -0.4 is 0 Å². The second-order valence-electron chi connectivity index (χ2n) is 7.76. The molecule has 0 aliphatic carbocycles. The van der Waals surface area contributed by atoms with E-state index in [4.69, 9.17) is 0 Å². The van der Waals surface area contributed by atoms with Crippen LogP contribution in [0.1, 0.15) is 48.0 Å². The van der Waals surface area contributed by atoms with Crippen molar-refractivity contribution in [2.75, 3.05) is 19.6 Å². The molecule has 1 atom stereocenters. The Hall–Kier alpha value is -2.27. The molecule has 4 rings (SSSR count). The molecule has 1 aromatic carbocycles. The van der Waals surface area contributed by atoms with Gasteiger partial charge in [-0.15, -0.1) is 0 Å². The van der Waals surface area contributed by atoms with Gasteiger partial charge < -0.3 is 4.90 Å². The predicted octanol–water partition coefficient (Wildman–Crippen LogP) is 3.88. The summed E-state index contributed by atoms with van der Waals surface area (Å²) in [6.07, 6.45) is 8.78. The van der Waals surface area contributed by atoms with E-state index in [9.17, 15) is 9.18 Å². The number of carbonyl (C=O) groups excluding carboxylic acids is 1. The number of aromatic nitrogens is 1. The number of hydrogen-bond acceptors (Lipinski definition) is 3. The summed E-state index contributed by atoms with van der Waals surface area (Å²) in [6.45, 7) is 3.42. The third kappa shape index (κ3) is 3.88. The molecular formula is C22H26FN3O. The summed E-state index contributed by atoms with van der Waals surface area (Å²) in [5.41, 5.74) is 1.88. The molecule has 1 spiro atoms. The van der Waals surface area contributed by atoms with Gasteiger partial charge in [-0.3, -0.25) is 14.7 Å². The normalized spacial score (nSPS) is 23.5. The minimum atomic E-state index is -0.171. The molecular weight excluding hydrogens is 341 g/mol. The van der Waals surface area contributed by atoms with Crippen LogP contribution in [-0.4, -0.2) is 45.9 Å². The Labute approximate surface area is 160 Å². The van der Waals surface area contributed by atoms with E-state index in [2.05, 4.69) is 9.88 Å². The summed E-state index contributed by atoms with van der Waals surface area (Å²) in [6, 6.07) is 10.5. The van der Waals surface area contributed by atoms with Gasteiger partial charge in [0.2, 0.25) is 0 Å². The van der Waals surface area contributed by atoms with Crippen LogP contribution >= 0.6 is 0 Å². The van der Waals surface area contributed by atoms with Crippen molar-refractivity contribution in [2.45, 2.75) is 44.2 Å². The maximum absolute atomic E-state index is 13.6. The number of pyridine rings is 1. The molecule has 0 radical (unpaired) electrons. The molecule has 3 heterocycles. The fourth-order valence-corrected chi connectivity index (χ4v) is 4.72. The van der Waals surface area contributed by atoms with Crippen LogP contribution in [0.5, 0.6) is 0 Å². The molecule has 1 amide bonds. The van der Waals surface area contributed by atoms with Gasteiger partial charge in [0, 0.05) is 43.1 Å². The van der Waals surface area contributed by atoms with Gasteiger partial charge in [-0.25, -0.2) is 4.39 Å². The molecule has 2 aromatic rings. The van der Waals surface area contributed by atoms with Gasteiger partial charge >= 0.3 is 0 Å². The van der Waals surface area contributed by atoms with Crippen LogP contribution in [0.4, 0.5) is 4.39 Å². The minimum absolute atomic E-state index is 0.101. The van der Waals surface area contributed by atoms with E-state index in [1.807, 2.05) is 11.0 Å². The lowest BCUT2D eigenvalue weighted by Crippen LogP contribution is -2.44. The summed E-state index contributed by atoms with van der Waals surface area (Å²) in [7, 11) is 0. The largest absolute Gasteiger partial charge is 0.339 e. The summed E-state index contributed by atoms with van der Waals surface area (Å²) >= 11 is 0. The van der Waals surface area contributed by atoms with E-state index in [1.54, 1.807) is 36.7 Å². The highest BCUT2D eigenvalue weighted by atomic mass is 19.1. The van der Waals surface area contributed by atoms with Crippen LogP contribution in [-0.2, 0) is 6.54 Å². The van der Waals surface area contributed by atoms with Gasteiger partial charge in [-0.1, -0.05) is 12.1 Å². The number of amides is 1. The lowest BCUT2D eigenvalue weighted by molar-refractivity contribution is 0.0738. The average Bonchev–Trinajstić information content (AvgIpc) is 2.93. The number of benzene rings is 1. The molecule has 2 saturated heterocycles. The van der Waals surface area contributed by atoms with Gasteiger partial charge in [0.15, 0.2) is 0 Å². The topological polar surface area (TPSA) is 36.4 Å². The zero-order valence-corrected chi connectivity index (χ0v) is 15.6. The van der Waals surface area contributed by atoms with E-state index in [-0.39, 0.29) is 17.3 Å². The van der Waals surface area contributed by atoms with Crippen LogP contribution in [0.15, 0.2) is 48.8 Å². The predicted molar refractivity (Wildman–Crippen MR) is 103 cm³/mol. The Balaban J connectivity index is 1.46. The third-order valence-electron chi connectivity index (χ3n) is 6.14. The fourth-order valence-electron chi connectivity index (χ4n) is 4.72. The number of rotatable bonds is 3.